The zero-order valence-electron chi connectivity index (χ0n) is 13.6. The predicted molar refractivity (Wildman–Crippen MR) is 90.7 cm³/mol. The van der Waals surface area contributed by atoms with Gasteiger partial charge in [0.25, 0.3) is 11.5 Å². The number of aryl methyl sites for hydroxylation is 2. The van der Waals surface area contributed by atoms with Crippen LogP contribution in [0.3, 0.4) is 0 Å². The Bertz CT molecular complexity index is 733. The minimum atomic E-state index is -0.116. The molecular weight excluding hydrogens is 298 g/mol. The van der Waals surface area contributed by atoms with Crippen LogP contribution < -0.4 is 10.9 Å². The Hall–Kier alpha value is -1.69. The van der Waals surface area contributed by atoms with Crippen molar-refractivity contribution in [3.05, 3.63) is 27.1 Å². The number of thiophene rings is 1. The van der Waals surface area contributed by atoms with Crippen LogP contribution in [-0.2, 0) is 6.54 Å². The fourth-order valence-electron chi connectivity index (χ4n) is 2.25. The second kappa shape index (κ2) is 7.05. The smallest absolute Gasteiger partial charge is 0.262 e. The number of carbonyl (C=O) groups is 1. The van der Waals surface area contributed by atoms with E-state index in [0.29, 0.717) is 21.6 Å². The third-order valence-corrected chi connectivity index (χ3v) is 5.06. The number of hydrogen-bond acceptors (Lipinski definition) is 4. The molecular formula is C16H23N3O2S. The molecule has 5 nitrogen and oxygen atoms in total. The number of hydrogen-bond donors (Lipinski definition) is 1. The quantitative estimate of drug-likeness (QED) is 0.889. The first-order valence-electron chi connectivity index (χ1n) is 7.78. The highest BCUT2D eigenvalue weighted by molar-refractivity contribution is 7.20. The van der Waals surface area contributed by atoms with E-state index < -0.39 is 0 Å². The average molecular weight is 321 g/mol. The molecule has 2 rings (SSSR count). The second-order valence-corrected chi connectivity index (χ2v) is 6.61. The third-order valence-electron chi connectivity index (χ3n) is 3.87. The molecule has 0 radical (unpaired) electrons. The Kier molecular flexibility index (Phi) is 5.34. The summed E-state index contributed by atoms with van der Waals surface area (Å²) >= 11 is 1.29. The van der Waals surface area contributed by atoms with E-state index >= 15 is 0 Å². The molecule has 1 amide bonds. The first kappa shape index (κ1) is 16.7. The van der Waals surface area contributed by atoms with Crippen molar-refractivity contribution in [3.8, 4) is 0 Å². The number of rotatable bonds is 6. The molecule has 0 aliphatic heterocycles. The molecule has 0 bridgehead atoms. The van der Waals surface area contributed by atoms with Crippen molar-refractivity contribution in [1.82, 2.24) is 14.9 Å². The summed E-state index contributed by atoms with van der Waals surface area (Å²) in [6, 6.07) is 0.117. The lowest BCUT2D eigenvalue weighted by Crippen LogP contribution is -2.31. The lowest BCUT2D eigenvalue weighted by atomic mass is 10.2. The molecule has 1 unspecified atom stereocenters. The zero-order valence-corrected chi connectivity index (χ0v) is 14.4. The fourth-order valence-corrected chi connectivity index (χ4v) is 3.30. The Morgan fingerprint density at radius 1 is 1.45 bits per heavy atom. The van der Waals surface area contributed by atoms with Crippen molar-refractivity contribution in [1.29, 1.82) is 0 Å². The first-order chi connectivity index (χ1) is 10.5. The maximum Gasteiger partial charge on any atom is 0.262 e. The topological polar surface area (TPSA) is 64.0 Å². The molecule has 0 aliphatic rings. The molecule has 22 heavy (non-hydrogen) atoms. The van der Waals surface area contributed by atoms with Gasteiger partial charge in [-0.25, -0.2) is 4.98 Å². The van der Waals surface area contributed by atoms with Gasteiger partial charge in [-0.2, -0.15) is 0 Å². The van der Waals surface area contributed by atoms with Crippen molar-refractivity contribution in [2.45, 2.75) is 59.5 Å². The number of fused-ring (bicyclic) bond motifs is 1. The largest absolute Gasteiger partial charge is 0.349 e. The Morgan fingerprint density at radius 2 is 2.18 bits per heavy atom. The van der Waals surface area contributed by atoms with E-state index in [1.54, 1.807) is 10.9 Å². The number of carbonyl (C=O) groups excluding carboxylic acids is 1. The Balaban J connectivity index is 2.43. The van der Waals surface area contributed by atoms with Crippen LogP contribution in [0.2, 0.25) is 0 Å². The van der Waals surface area contributed by atoms with Crippen LogP contribution in [0.25, 0.3) is 10.2 Å². The van der Waals surface area contributed by atoms with Crippen molar-refractivity contribution < 1.29 is 4.79 Å². The molecule has 0 aromatic carbocycles. The lowest BCUT2D eigenvalue weighted by Gasteiger charge is -2.10. The zero-order chi connectivity index (χ0) is 16.3. The Labute approximate surface area is 134 Å². The number of aromatic nitrogens is 2. The van der Waals surface area contributed by atoms with Crippen LogP contribution in [0, 0.1) is 6.92 Å². The summed E-state index contributed by atoms with van der Waals surface area (Å²) in [5.74, 6) is -0.116. The summed E-state index contributed by atoms with van der Waals surface area (Å²) < 4.78 is 1.64. The van der Waals surface area contributed by atoms with Gasteiger partial charge in [-0.1, -0.05) is 20.3 Å². The van der Waals surface area contributed by atoms with Gasteiger partial charge in [-0.15, -0.1) is 11.3 Å². The third kappa shape index (κ3) is 3.21. The van der Waals surface area contributed by atoms with Gasteiger partial charge in [0.05, 0.1) is 16.6 Å². The van der Waals surface area contributed by atoms with Gasteiger partial charge in [-0.05, 0) is 32.3 Å². The van der Waals surface area contributed by atoms with Crippen LogP contribution in [0.5, 0.6) is 0 Å². The van der Waals surface area contributed by atoms with Crippen LogP contribution >= 0.6 is 11.3 Å². The van der Waals surface area contributed by atoms with Crippen molar-refractivity contribution in [2.75, 3.05) is 0 Å². The summed E-state index contributed by atoms with van der Waals surface area (Å²) in [6.45, 7) is 8.58. The highest BCUT2D eigenvalue weighted by Crippen LogP contribution is 2.26. The molecule has 2 aromatic rings. The second-order valence-electron chi connectivity index (χ2n) is 5.62. The van der Waals surface area contributed by atoms with Gasteiger partial charge in [0.1, 0.15) is 4.83 Å². The number of nitrogens with zero attached hydrogens (tertiary/aromatic N) is 2. The highest BCUT2D eigenvalue weighted by atomic mass is 32.1. The van der Waals surface area contributed by atoms with Gasteiger partial charge >= 0.3 is 0 Å². The number of unbranched alkanes of at least 4 members (excludes halogenated alkanes) is 1. The van der Waals surface area contributed by atoms with E-state index in [1.807, 2.05) is 20.8 Å². The van der Waals surface area contributed by atoms with Gasteiger partial charge < -0.3 is 5.32 Å². The van der Waals surface area contributed by atoms with Gasteiger partial charge in [0.2, 0.25) is 0 Å². The standard InChI is InChI=1S/C16H23N3O2S/c1-5-7-8-19-9-17-15-12(16(19)21)11(4)13(22-15)14(20)18-10(3)6-2/h9-10H,5-8H2,1-4H3,(H,18,20). The summed E-state index contributed by atoms with van der Waals surface area (Å²) in [7, 11) is 0. The van der Waals surface area contributed by atoms with E-state index in [1.165, 1.54) is 11.3 Å². The SMILES string of the molecule is CCCCn1cnc2sc(C(=O)NC(C)CC)c(C)c2c1=O. The molecule has 120 valence electrons. The fraction of sp³-hybridized carbons (Fsp3) is 0.562. The van der Waals surface area contributed by atoms with Gasteiger partial charge in [0, 0.05) is 12.6 Å². The van der Waals surface area contributed by atoms with E-state index in [2.05, 4.69) is 17.2 Å². The highest BCUT2D eigenvalue weighted by Gasteiger charge is 2.20. The normalized spacial score (nSPS) is 12.5. The van der Waals surface area contributed by atoms with E-state index in [0.717, 1.165) is 24.8 Å². The first-order valence-corrected chi connectivity index (χ1v) is 8.60. The number of amides is 1. The van der Waals surface area contributed by atoms with Crippen molar-refractivity contribution >= 4 is 27.5 Å². The Morgan fingerprint density at radius 3 is 2.82 bits per heavy atom. The van der Waals surface area contributed by atoms with E-state index in [4.69, 9.17) is 0 Å². The van der Waals surface area contributed by atoms with E-state index in [-0.39, 0.29) is 17.5 Å². The predicted octanol–water partition coefficient (Wildman–Crippen LogP) is 3.09. The summed E-state index contributed by atoms with van der Waals surface area (Å²) in [4.78, 5) is 30.5. The average Bonchev–Trinajstić information content (AvgIpc) is 2.84. The van der Waals surface area contributed by atoms with Gasteiger partial charge in [-0.3, -0.25) is 14.2 Å². The number of nitrogens with one attached hydrogen (secondary N) is 1. The molecule has 1 atom stereocenters. The van der Waals surface area contributed by atoms with Crippen LogP contribution in [0.1, 0.15) is 55.3 Å². The molecule has 0 fully saturated rings. The maximum atomic E-state index is 12.6. The summed E-state index contributed by atoms with van der Waals surface area (Å²) in [6.07, 6.45) is 4.43. The molecule has 2 aromatic heterocycles. The summed E-state index contributed by atoms with van der Waals surface area (Å²) in [5, 5.41) is 3.53. The molecule has 2 heterocycles. The van der Waals surface area contributed by atoms with Gasteiger partial charge in [0.15, 0.2) is 0 Å². The van der Waals surface area contributed by atoms with E-state index in [9.17, 15) is 9.59 Å². The van der Waals surface area contributed by atoms with Crippen molar-refractivity contribution in [2.24, 2.45) is 0 Å². The lowest BCUT2D eigenvalue weighted by molar-refractivity contribution is 0.0943. The van der Waals surface area contributed by atoms with Crippen LogP contribution in [0.15, 0.2) is 11.1 Å². The summed E-state index contributed by atoms with van der Waals surface area (Å²) in [5.41, 5.74) is 0.693. The van der Waals surface area contributed by atoms with Crippen LogP contribution in [-0.4, -0.2) is 21.5 Å². The minimum absolute atomic E-state index is 0.0465. The molecule has 1 N–H and O–H groups in total. The van der Waals surface area contributed by atoms with Crippen molar-refractivity contribution in [3.63, 3.8) is 0 Å². The monoisotopic (exact) mass is 321 g/mol. The molecule has 0 saturated carbocycles. The molecule has 0 aliphatic carbocycles. The molecule has 0 spiro atoms. The minimum Gasteiger partial charge on any atom is -0.349 e. The molecule has 6 heteroatoms. The maximum absolute atomic E-state index is 12.6. The van der Waals surface area contributed by atoms with Crippen LogP contribution in [0.4, 0.5) is 0 Å². The molecule has 0 saturated heterocycles.